The Hall–Kier alpha value is -2.44. The fraction of sp³-hybridized carbons (Fsp3) is 0.381. The Balaban J connectivity index is 1.49. The van der Waals surface area contributed by atoms with E-state index in [4.69, 9.17) is 10.5 Å². The summed E-state index contributed by atoms with van der Waals surface area (Å²) >= 11 is 0. The molecule has 1 aliphatic heterocycles. The van der Waals surface area contributed by atoms with Crippen molar-refractivity contribution in [3.05, 3.63) is 59.9 Å². The fourth-order valence-electron chi connectivity index (χ4n) is 3.43. The fourth-order valence-corrected chi connectivity index (χ4v) is 3.43. The molecule has 2 aromatic rings. The van der Waals surface area contributed by atoms with Crippen LogP contribution < -0.4 is 15.4 Å². The first-order valence-corrected chi connectivity index (χ1v) is 9.25. The van der Waals surface area contributed by atoms with E-state index in [1.807, 2.05) is 18.2 Å². The lowest BCUT2D eigenvalue weighted by Gasteiger charge is -2.39. The van der Waals surface area contributed by atoms with Crippen LogP contribution in [0.3, 0.4) is 0 Å². The maximum atomic E-state index is 13.0. The van der Waals surface area contributed by atoms with E-state index in [0.29, 0.717) is 18.4 Å². The lowest BCUT2D eigenvalue weighted by molar-refractivity contribution is 0.0957. The van der Waals surface area contributed by atoms with Gasteiger partial charge in [0, 0.05) is 38.2 Å². The van der Waals surface area contributed by atoms with Crippen LogP contribution in [-0.4, -0.2) is 50.1 Å². The summed E-state index contributed by atoms with van der Waals surface area (Å²) in [6.07, 6.45) is 0.791. The number of hydrogen-bond donors (Lipinski definition) is 1. The minimum Gasteiger partial charge on any atom is -0.495 e. The van der Waals surface area contributed by atoms with Crippen LogP contribution in [0.5, 0.6) is 5.75 Å². The minimum absolute atomic E-state index is 0.00175. The summed E-state index contributed by atoms with van der Waals surface area (Å²) in [4.78, 5) is 16.7. The zero-order chi connectivity index (χ0) is 19.2. The predicted octanol–water partition coefficient (Wildman–Crippen LogP) is 2.90. The Bertz CT molecular complexity index is 758. The summed E-state index contributed by atoms with van der Waals surface area (Å²) < 4.78 is 18.4. The molecule has 0 bridgehead atoms. The van der Waals surface area contributed by atoms with Crippen LogP contribution in [0.15, 0.2) is 48.5 Å². The molecule has 0 amide bonds. The number of hydrogen-bond acceptors (Lipinski definition) is 5. The quantitative estimate of drug-likeness (QED) is 0.759. The van der Waals surface area contributed by atoms with Crippen molar-refractivity contribution in [3.8, 4) is 5.75 Å². The number of ketones is 1. The summed E-state index contributed by atoms with van der Waals surface area (Å²) in [6, 6.07) is 13.7. The van der Waals surface area contributed by atoms with Crippen molar-refractivity contribution in [1.29, 1.82) is 0 Å². The van der Waals surface area contributed by atoms with Gasteiger partial charge in [-0.2, -0.15) is 0 Å². The van der Waals surface area contributed by atoms with Gasteiger partial charge in [0.25, 0.3) is 0 Å². The Labute approximate surface area is 159 Å². The number of carbonyl (C=O) groups excluding carboxylic acids is 1. The monoisotopic (exact) mass is 371 g/mol. The van der Waals surface area contributed by atoms with E-state index in [1.165, 1.54) is 24.3 Å². The van der Waals surface area contributed by atoms with Crippen molar-refractivity contribution in [2.45, 2.75) is 19.0 Å². The number of piperazine rings is 1. The molecule has 1 atom stereocenters. The molecule has 0 radical (unpaired) electrons. The van der Waals surface area contributed by atoms with Gasteiger partial charge >= 0.3 is 0 Å². The number of Topliss-reactive ketones (excluding diaryl/α,β-unsaturated/α-hetero) is 1. The molecule has 1 aliphatic rings. The molecule has 144 valence electrons. The number of benzene rings is 2. The molecular formula is C21H26FN3O2. The Morgan fingerprint density at radius 3 is 2.44 bits per heavy atom. The maximum absolute atomic E-state index is 13.0. The predicted molar refractivity (Wildman–Crippen MR) is 105 cm³/mol. The Morgan fingerprint density at radius 1 is 1.11 bits per heavy atom. The van der Waals surface area contributed by atoms with Gasteiger partial charge in [-0.15, -0.1) is 0 Å². The average Bonchev–Trinajstić information content (AvgIpc) is 2.72. The second-order valence-electron chi connectivity index (χ2n) is 6.73. The van der Waals surface area contributed by atoms with Gasteiger partial charge in [-0.3, -0.25) is 9.69 Å². The summed E-state index contributed by atoms with van der Waals surface area (Å²) in [5.74, 6) is 0.536. The first-order chi connectivity index (χ1) is 13.1. The number of ether oxygens (including phenoxy) is 1. The molecule has 6 heteroatoms. The van der Waals surface area contributed by atoms with E-state index in [-0.39, 0.29) is 17.8 Å². The summed E-state index contributed by atoms with van der Waals surface area (Å²) in [6.45, 7) is 3.40. The summed E-state index contributed by atoms with van der Waals surface area (Å²) in [5, 5.41) is 0. The number of halogens is 1. The van der Waals surface area contributed by atoms with Crippen molar-refractivity contribution in [2.75, 3.05) is 38.2 Å². The van der Waals surface area contributed by atoms with E-state index in [1.54, 1.807) is 7.11 Å². The first kappa shape index (κ1) is 19.3. The summed E-state index contributed by atoms with van der Waals surface area (Å²) in [5.41, 5.74) is 7.94. The van der Waals surface area contributed by atoms with Crippen molar-refractivity contribution in [2.24, 2.45) is 5.73 Å². The summed E-state index contributed by atoms with van der Waals surface area (Å²) in [7, 11) is 1.68. The van der Waals surface area contributed by atoms with Crippen molar-refractivity contribution >= 4 is 11.5 Å². The van der Waals surface area contributed by atoms with Gasteiger partial charge in [0.2, 0.25) is 0 Å². The van der Waals surface area contributed by atoms with Gasteiger partial charge in [-0.05, 0) is 42.8 Å². The highest BCUT2D eigenvalue weighted by molar-refractivity contribution is 5.95. The van der Waals surface area contributed by atoms with Crippen LogP contribution in [0, 0.1) is 5.82 Å². The van der Waals surface area contributed by atoms with Gasteiger partial charge in [-0.1, -0.05) is 12.1 Å². The third kappa shape index (κ3) is 4.84. The van der Waals surface area contributed by atoms with Crippen molar-refractivity contribution < 1.29 is 13.9 Å². The topological polar surface area (TPSA) is 58.8 Å². The lowest BCUT2D eigenvalue weighted by atomic mass is 10.1. The van der Waals surface area contributed by atoms with Crippen LogP contribution >= 0.6 is 0 Å². The highest BCUT2D eigenvalue weighted by Crippen LogP contribution is 2.28. The number of carbonyl (C=O) groups is 1. The van der Waals surface area contributed by atoms with Crippen LogP contribution in [-0.2, 0) is 0 Å². The second kappa shape index (κ2) is 8.97. The van der Waals surface area contributed by atoms with Crippen LogP contribution in [0.1, 0.15) is 23.2 Å². The highest BCUT2D eigenvalue weighted by Gasteiger charge is 2.23. The molecule has 1 unspecified atom stereocenters. The molecule has 2 aromatic carbocycles. The normalized spacial score (nSPS) is 16.2. The van der Waals surface area contributed by atoms with Crippen LogP contribution in [0.2, 0.25) is 0 Å². The van der Waals surface area contributed by atoms with E-state index in [9.17, 15) is 9.18 Å². The number of anilines is 1. The van der Waals surface area contributed by atoms with Crippen LogP contribution in [0.4, 0.5) is 10.1 Å². The largest absolute Gasteiger partial charge is 0.495 e. The molecular weight excluding hydrogens is 345 g/mol. The molecule has 1 saturated heterocycles. The molecule has 0 aromatic heterocycles. The molecule has 0 saturated carbocycles. The lowest BCUT2D eigenvalue weighted by Crippen LogP contribution is -2.53. The van der Waals surface area contributed by atoms with Crippen molar-refractivity contribution in [1.82, 2.24) is 4.90 Å². The van der Waals surface area contributed by atoms with Gasteiger partial charge in [0.1, 0.15) is 11.6 Å². The van der Waals surface area contributed by atoms with E-state index in [2.05, 4.69) is 15.9 Å². The molecule has 1 fully saturated rings. The number of para-hydroxylation sites is 2. The second-order valence-corrected chi connectivity index (χ2v) is 6.73. The molecule has 3 rings (SSSR count). The Kier molecular flexibility index (Phi) is 6.42. The van der Waals surface area contributed by atoms with E-state index in [0.717, 1.165) is 37.6 Å². The zero-order valence-electron chi connectivity index (χ0n) is 15.6. The van der Waals surface area contributed by atoms with E-state index >= 15 is 0 Å². The van der Waals surface area contributed by atoms with Gasteiger partial charge in [-0.25, -0.2) is 4.39 Å². The third-order valence-corrected chi connectivity index (χ3v) is 5.04. The average molecular weight is 371 g/mol. The SMILES string of the molecule is COc1ccccc1N1CCN(C(N)CCC(=O)c2ccc(F)cc2)CC1. The highest BCUT2D eigenvalue weighted by atomic mass is 19.1. The van der Waals surface area contributed by atoms with Crippen molar-refractivity contribution in [3.63, 3.8) is 0 Å². The number of rotatable bonds is 7. The number of nitrogens with two attached hydrogens (primary N) is 1. The third-order valence-electron chi connectivity index (χ3n) is 5.04. The van der Waals surface area contributed by atoms with E-state index < -0.39 is 0 Å². The first-order valence-electron chi connectivity index (χ1n) is 9.25. The minimum atomic E-state index is -0.337. The smallest absolute Gasteiger partial charge is 0.162 e. The molecule has 2 N–H and O–H groups in total. The Morgan fingerprint density at radius 2 is 1.78 bits per heavy atom. The van der Waals surface area contributed by atoms with Gasteiger partial charge in [0.15, 0.2) is 5.78 Å². The van der Waals surface area contributed by atoms with Gasteiger partial charge in [0.05, 0.1) is 19.0 Å². The molecule has 1 heterocycles. The van der Waals surface area contributed by atoms with Gasteiger partial charge < -0.3 is 15.4 Å². The molecule has 27 heavy (non-hydrogen) atoms. The molecule has 0 spiro atoms. The standard InChI is InChI=1S/C21H26FN3O2/c1-27-20-5-3-2-4-18(20)24-12-14-25(15-13-24)21(23)11-10-19(26)16-6-8-17(22)9-7-16/h2-9,21H,10-15,23H2,1H3. The molecule has 0 aliphatic carbocycles. The van der Waals surface area contributed by atoms with Crippen LogP contribution in [0.25, 0.3) is 0 Å². The number of nitrogens with zero attached hydrogens (tertiary/aromatic N) is 2. The molecule has 5 nitrogen and oxygen atoms in total. The number of methoxy groups -OCH3 is 1. The maximum Gasteiger partial charge on any atom is 0.162 e. The zero-order valence-corrected chi connectivity index (χ0v) is 15.6.